The molecule has 1 saturated heterocycles. The maximum absolute atomic E-state index is 13.5. The van der Waals surface area contributed by atoms with Crippen LogP contribution in [0.3, 0.4) is 0 Å². The molecule has 4 rings (SSSR count). The molecule has 1 aliphatic heterocycles. The molecule has 3 aromatic rings. The number of nitrogens with zero attached hydrogens (tertiary/aromatic N) is 5. The van der Waals surface area contributed by atoms with Crippen molar-refractivity contribution in [3.63, 3.8) is 0 Å². The first-order chi connectivity index (χ1) is 21.6. The zero-order valence-corrected chi connectivity index (χ0v) is 25.7. The fourth-order valence-electron chi connectivity index (χ4n) is 4.41. The molecule has 1 N–H and O–H groups in total. The van der Waals surface area contributed by atoms with Gasteiger partial charge in [0.25, 0.3) is 16.8 Å². The number of sulfonamides is 1. The minimum absolute atomic E-state index is 0.0482. The van der Waals surface area contributed by atoms with Gasteiger partial charge in [0, 0.05) is 11.5 Å². The van der Waals surface area contributed by atoms with E-state index >= 15 is 0 Å². The van der Waals surface area contributed by atoms with Gasteiger partial charge in [-0.1, -0.05) is 29.8 Å². The summed E-state index contributed by atoms with van der Waals surface area (Å²) < 4.78 is 78.8. The average molecular weight is 669 g/mol. The van der Waals surface area contributed by atoms with Crippen molar-refractivity contribution in [1.29, 1.82) is 0 Å². The molecule has 0 aliphatic carbocycles. The van der Waals surface area contributed by atoms with Crippen LogP contribution in [0.25, 0.3) is 16.9 Å². The van der Waals surface area contributed by atoms with Crippen LogP contribution in [0.15, 0.2) is 64.8 Å². The summed E-state index contributed by atoms with van der Waals surface area (Å²) in [7, 11) is -4.34. The van der Waals surface area contributed by atoms with Crippen LogP contribution in [0.4, 0.5) is 18.0 Å². The largest absolute Gasteiger partial charge is 0.569 e. The first-order valence-electron chi connectivity index (χ1n) is 13.9. The van der Waals surface area contributed by atoms with Crippen LogP contribution in [0, 0.1) is 18.0 Å². The number of halogens is 3. The Morgan fingerprint density at radius 3 is 2.33 bits per heavy atom. The number of hydrogen-bond acceptors (Lipinski definition) is 10. The molecule has 2 aromatic carbocycles. The van der Waals surface area contributed by atoms with Crippen molar-refractivity contribution in [2.45, 2.75) is 50.8 Å². The molecular formula is C28H31F3N6O8S. The number of hydrazine groups is 1. The number of alkyl halides is 3. The minimum Gasteiger partial charge on any atom is -0.569 e. The number of nitrogens with one attached hydrogen (secondary N) is 1. The number of amides is 1. The molecule has 0 saturated carbocycles. The Labute approximate surface area is 261 Å². The third-order valence-corrected chi connectivity index (χ3v) is 8.11. The summed E-state index contributed by atoms with van der Waals surface area (Å²) in [4.78, 5) is 28.5. The highest BCUT2D eigenvalue weighted by molar-refractivity contribution is 7.90. The summed E-state index contributed by atoms with van der Waals surface area (Å²) in [5.74, 6) is -1.52. The average Bonchev–Trinajstić information content (AvgIpc) is 3.46. The van der Waals surface area contributed by atoms with E-state index in [1.165, 1.54) is 17.1 Å². The van der Waals surface area contributed by atoms with Crippen molar-refractivity contribution in [2.24, 2.45) is 11.2 Å². The molecule has 0 radical (unpaired) electrons. The van der Waals surface area contributed by atoms with Crippen molar-refractivity contribution in [2.75, 3.05) is 19.9 Å². The number of hydrogen-bond donors (Lipinski definition) is 1. The van der Waals surface area contributed by atoms with Gasteiger partial charge in [0.2, 0.25) is 11.2 Å². The van der Waals surface area contributed by atoms with Crippen LogP contribution < -0.4 is 4.72 Å². The van der Waals surface area contributed by atoms with Gasteiger partial charge in [-0.25, -0.2) is 22.6 Å². The van der Waals surface area contributed by atoms with Crippen LogP contribution in [0.5, 0.6) is 0 Å². The van der Waals surface area contributed by atoms with E-state index in [1.807, 2.05) is 11.6 Å². The number of ether oxygens (including phenoxy) is 2. The Kier molecular flexibility index (Phi) is 10.4. The molecule has 1 amide bonds. The molecule has 1 aliphatic rings. The second-order valence-electron chi connectivity index (χ2n) is 10.5. The van der Waals surface area contributed by atoms with Crippen molar-refractivity contribution in [3.8, 4) is 16.9 Å². The summed E-state index contributed by atoms with van der Waals surface area (Å²) >= 11 is 0. The maximum atomic E-state index is 13.5. The SMILES string of the molecule is Cc1ccc(-c2cc(C(F)(F)F)nn2-c2ccc(S(=O)(=O)NC(=O)C3CCN(/[N+]([O-])=N\OCOC(=O)OC(C)C)CC3)cc2)cc1. The zero-order chi connectivity index (χ0) is 33.6. The lowest BCUT2D eigenvalue weighted by Crippen LogP contribution is -2.44. The van der Waals surface area contributed by atoms with Gasteiger partial charge in [-0.05, 0) is 63.9 Å². The van der Waals surface area contributed by atoms with Crippen LogP contribution in [0.2, 0.25) is 0 Å². The van der Waals surface area contributed by atoms with Gasteiger partial charge >= 0.3 is 12.3 Å². The zero-order valence-electron chi connectivity index (χ0n) is 24.9. The van der Waals surface area contributed by atoms with Crippen LogP contribution >= 0.6 is 0 Å². The highest BCUT2D eigenvalue weighted by Crippen LogP contribution is 2.33. The first kappa shape index (κ1) is 34.0. The van der Waals surface area contributed by atoms with E-state index in [9.17, 15) is 36.4 Å². The Morgan fingerprint density at radius 1 is 1.11 bits per heavy atom. The molecule has 0 bridgehead atoms. The smallest absolute Gasteiger partial charge is 0.511 e. The van der Waals surface area contributed by atoms with E-state index in [0.29, 0.717) is 5.56 Å². The Balaban J connectivity index is 1.37. The molecule has 0 spiro atoms. The predicted octanol–water partition coefficient (Wildman–Crippen LogP) is 4.71. The van der Waals surface area contributed by atoms with Crippen molar-refractivity contribution >= 4 is 22.1 Å². The highest BCUT2D eigenvalue weighted by Gasteiger charge is 2.35. The number of aromatic nitrogens is 2. The van der Waals surface area contributed by atoms with E-state index in [2.05, 4.69) is 20.0 Å². The first-order valence-corrected chi connectivity index (χ1v) is 15.4. The minimum atomic E-state index is -4.71. The van der Waals surface area contributed by atoms with E-state index in [0.717, 1.165) is 28.4 Å². The van der Waals surface area contributed by atoms with Gasteiger partial charge in [0.1, 0.15) is 0 Å². The van der Waals surface area contributed by atoms with E-state index in [-0.39, 0.29) is 47.2 Å². The third-order valence-electron chi connectivity index (χ3n) is 6.75. The number of aryl methyl sites for hydroxylation is 1. The summed E-state index contributed by atoms with van der Waals surface area (Å²) in [6.45, 7) is 4.51. The molecule has 46 heavy (non-hydrogen) atoms. The van der Waals surface area contributed by atoms with Crippen molar-refractivity contribution in [3.05, 3.63) is 71.1 Å². The topological polar surface area (TPSA) is 167 Å². The highest BCUT2D eigenvalue weighted by atomic mass is 32.2. The van der Waals surface area contributed by atoms with E-state index in [4.69, 9.17) is 4.74 Å². The van der Waals surface area contributed by atoms with Crippen LogP contribution in [-0.4, -0.2) is 66.2 Å². The Bertz CT molecular complexity index is 1670. The van der Waals surface area contributed by atoms with Gasteiger partial charge < -0.3 is 19.5 Å². The van der Waals surface area contributed by atoms with Crippen LogP contribution in [-0.2, 0) is 35.3 Å². The fraction of sp³-hybridized carbons (Fsp3) is 0.393. The number of rotatable bonds is 10. The molecule has 1 fully saturated rings. The maximum Gasteiger partial charge on any atom is 0.511 e. The van der Waals surface area contributed by atoms with Gasteiger partial charge in [-0.2, -0.15) is 18.3 Å². The predicted molar refractivity (Wildman–Crippen MR) is 153 cm³/mol. The van der Waals surface area contributed by atoms with Gasteiger partial charge in [-0.3, -0.25) is 4.79 Å². The molecule has 2 heterocycles. The second-order valence-corrected chi connectivity index (χ2v) is 12.2. The Hall–Kier alpha value is -4.87. The molecule has 1 aromatic heterocycles. The van der Waals surface area contributed by atoms with E-state index < -0.39 is 52.8 Å². The summed E-state index contributed by atoms with van der Waals surface area (Å²) in [5, 5.41) is 20.3. The van der Waals surface area contributed by atoms with Crippen LogP contribution in [0.1, 0.15) is 37.9 Å². The molecule has 0 unspecified atom stereocenters. The quantitative estimate of drug-likeness (QED) is 0.0798. The third kappa shape index (κ3) is 8.64. The number of piperidine rings is 1. The van der Waals surface area contributed by atoms with Gasteiger partial charge in [0.15, 0.2) is 5.69 Å². The number of carbonyl (C=O) groups is 2. The summed E-state index contributed by atoms with van der Waals surface area (Å²) in [6.07, 6.45) is -5.87. The molecule has 0 atom stereocenters. The lowest BCUT2D eigenvalue weighted by Gasteiger charge is -2.27. The standard InChI is InChI=1S/C28H31F3N6O8S/c1-18(2)45-27(39)43-17-44-34-37(40)35-14-12-21(13-15-35)26(38)33-46(41,42)23-10-8-22(9-11-23)36-24(16-25(32-36)28(29,30)31)20-6-4-19(3)5-7-20/h4-11,16,18,21H,12-15,17H2,1-3H3,(H,33,38)/b37-34+. The van der Waals surface area contributed by atoms with Crippen molar-refractivity contribution in [1.82, 2.24) is 19.5 Å². The number of benzene rings is 2. The van der Waals surface area contributed by atoms with E-state index in [1.54, 1.807) is 38.1 Å². The molecular weight excluding hydrogens is 637 g/mol. The monoisotopic (exact) mass is 668 g/mol. The van der Waals surface area contributed by atoms with Gasteiger partial charge in [0.05, 0.1) is 40.4 Å². The fourth-order valence-corrected chi connectivity index (χ4v) is 5.46. The summed E-state index contributed by atoms with van der Waals surface area (Å²) in [5.41, 5.74) is 0.593. The number of carbonyl (C=O) groups excluding carboxylic acids is 2. The Morgan fingerprint density at radius 2 is 1.74 bits per heavy atom. The molecule has 18 heteroatoms. The lowest BCUT2D eigenvalue weighted by atomic mass is 9.97. The lowest BCUT2D eigenvalue weighted by molar-refractivity contribution is -0.713. The van der Waals surface area contributed by atoms with Gasteiger partial charge in [-0.15, -0.1) is 5.01 Å². The summed E-state index contributed by atoms with van der Waals surface area (Å²) in [6, 6.07) is 12.6. The molecule has 248 valence electrons. The van der Waals surface area contributed by atoms with Crippen molar-refractivity contribution < 1.29 is 50.5 Å². The second kappa shape index (κ2) is 14.1. The molecule has 14 nitrogen and oxygen atoms in total. The normalized spacial score (nSPS) is 14.7.